The van der Waals surface area contributed by atoms with Crippen molar-refractivity contribution in [3.8, 4) is 11.8 Å². The molecule has 0 radical (unpaired) electrons. The summed E-state index contributed by atoms with van der Waals surface area (Å²) in [4.78, 5) is 12.6. The second kappa shape index (κ2) is 11.7. The monoisotopic (exact) mass is 606 g/mol. The van der Waals surface area contributed by atoms with Crippen molar-refractivity contribution < 1.29 is 9.53 Å². The summed E-state index contributed by atoms with van der Waals surface area (Å²) in [5.74, 6) is 0.0869. The Hall–Kier alpha value is -2.30. The molecule has 0 aliphatic carbocycles. The van der Waals surface area contributed by atoms with E-state index in [1.807, 2.05) is 30.3 Å². The van der Waals surface area contributed by atoms with E-state index in [0.717, 1.165) is 12.0 Å². The van der Waals surface area contributed by atoms with E-state index < -0.39 is 5.91 Å². The molecule has 3 aromatic rings. The summed E-state index contributed by atoms with van der Waals surface area (Å²) in [7, 11) is 0. The molecule has 0 aromatic heterocycles. The summed E-state index contributed by atoms with van der Waals surface area (Å²) in [5, 5.41) is 13.3. The fourth-order valence-electron chi connectivity index (χ4n) is 2.93. The molecule has 3 aromatic carbocycles. The molecule has 0 aliphatic rings. The van der Waals surface area contributed by atoms with E-state index in [-0.39, 0.29) is 12.2 Å². The third-order valence-corrected chi connectivity index (χ3v) is 6.47. The molecular formula is C25H18Br2Cl2N2O2. The van der Waals surface area contributed by atoms with Gasteiger partial charge < -0.3 is 10.1 Å². The SMILES string of the molecule is CCc1ccc(NC(=O)/C(C#N)=C/c2cc(Br)c(OCc3ccc(Cl)cc3Cl)c(Br)c2)cc1. The van der Waals surface area contributed by atoms with Gasteiger partial charge >= 0.3 is 0 Å². The number of halogens is 4. The number of carbonyl (C=O) groups is 1. The molecule has 0 saturated heterocycles. The van der Waals surface area contributed by atoms with Crippen LogP contribution in [0, 0.1) is 11.3 Å². The van der Waals surface area contributed by atoms with Crippen LogP contribution in [0.5, 0.6) is 5.75 Å². The highest BCUT2D eigenvalue weighted by atomic mass is 79.9. The van der Waals surface area contributed by atoms with Crippen LogP contribution in [-0.2, 0) is 17.8 Å². The fraction of sp³-hybridized carbons (Fsp3) is 0.120. The molecule has 0 spiro atoms. The fourth-order valence-corrected chi connectivity index (χ4v) is 4.84. The van der Waals surface area contributed by atoms with Crippen molar-refractivity contribution in [2.24, 2.45) is 0 Å². The smallest absolute Gasteiger partial charge is 0.266 e. The van der Waals surface area contributed by atoms with Crippen molar-refractivity contribution >= 4 is 72.7 Å². The number of carbonyl (C=O) groups excluding carboxylic acids is 1. The third kappa shape index (κ3) is 6.84. The Morgan fingerprint density at radius 2 is 1.76 bits per heavy atom. The van der Waals surface area contributed by atoms with Gasteiger partial charge in [0.05, 0.1) is 8.95 Å². The van der Waals surface area contributed by atoms with Gasteiger partial charge in [-0.25, -0.2) is 0 Å². The highest BCUT2D eigenvalue weighted by Crippen LogP contribution is 2.36. The Balaban J connectivity index is 1.76. The van der Waals surface area contributed by atoms with Gasteiger partial charge in [-0.15, -0.1) is 0 Å². The number of nitrogens with zero attached hydrogens (tertiary/aromatic N) is 1. The molecule has 0 saturated carbocycles. The number of nitrogens with one attached hydrogen (secondary N) is 1. The zero-order valence-electron chi connectivity index (χ0n) is 17.5. The van der Waals surface area contributed by atoms with Crippen molar-refractivity contribution in [1.82, 2.24) is 0 Å². The number of amides is 1. The predicted molar refractivity (Wildman–Crippen MR) is 141 cm³/mol. The lowest BCUT2D eigenvalue weighted by atomic mass is 10.1. The lowest BCUT2D eigenvalue weighted by Crippen LogP contribution is -2.13. The summed E-state index contributed by atoms with van der Waals surface area (Å²) in [6.45, 7) is 2.30. The zero-order valence-corrected chi connectivity index (χ0v) is 22.1. The normalized spacial score (nSPS) is 11.1. The van der Waals surface area contributed by atoms with Gasteiger partial charge in [-0.05, 0) is 91.9 Å². The van der Waals surface area contributed by atoms with Crippen LogP contribution in [0.15, 0.2) is 69.1 Å². The lowest BCUT2D eigenvalue weighted by Gasteiger charge is -2.13. The van der Waals surface area contributed by atoms with Crippen molar-refractivity contribution in [3.05, 3.63) is 95.9 Å². The summed E-state index contributed by atoms with van der Waals surface area (Å²) in [5.41, 5.74) is 3.22. The van der Waals surface area contributed by atoms with Gasteiger partial charge in [-0.1, -0.05) is 48.3 Å². The van der Waals surface area contributed by atoms with E-state index in [1.54, 1.807) is 30.3 Å². The molecule has 3 rings (SSSR count). The number of anilines is 1. The molecular weight excluding hydrogens is 591 g/mol. The molecule has 0 fully saturated rings. The largest absolute Gasteiger partial charge is 0.486 e. The van der Waals surface area contributed by atoms with E-state index in [2.05, 4.69) is 44.1 Å². The minimum atomic E-state index is -0.480. The van der Waals surface area contributed by atoms with Crippen molar-refractivity contribution in [2.75, 3.05) is 5.32 Å². The Labute approximate surface area is 219 Å². The number of hydrogen-bond acceptors (Lipinski definition) is 3. The predicted octanol–water partition coefficient (Wildman–Crippen LogP) is 8.21. The Morgan fingerprint density at radius 3 is 2.33 bits per heavy atom. The molecule has 0 heterocycles. The highest BCUT2D eigenvalue weighted by Gasteiger charge is 2.13. The molecule has 168 valence electrons. The van der Waals surface area contributed by atoms with E-state index in [4.69, 9.17) is 27.9 Å². The van der Waals surface area contributed by atoms with E-state index in [9.17, 15) is 10.1 Å². The topological polar surface area (TPSA) is 62.1 Å². The van der Waals surface area contributed by atoms with Crippen molar-refractivity contribution in [1.29, 1.82) is 5.26 Å². The summed E-state index contributed by atoms with van der Waals surface area (Å²) in [6, 6.07) is 18.2. The summed E-state index contributed by atoms with van der Waals surface area (Å²) in [6.07, 6.45) is 2.43. The average Bonchev–Trinajstić information content (AvgIpc) is 2.78. The standard InChI is InChI=1S/C25H18Br2Cl2N2O2/c1-2-15-3-7-20(8-4-15)31-25(32)18(13-30)9-16-10-21(26)24(22(27)11-16)33-14-17-5-6-19(28)12-23(17)29/h3-12H,2,14H2,1H3,(H,31,32)/b18-9+. The van der Waals surface area contributed by atoms with E-state index in [1.165, 1.54) is 11.6 Å². The van der Waals surface area contributed by atoms with Gasteiger partial charge in [-0.3, -0.25) is 4.79 Å². The van der Waals surface area contributed by atoms with Crippen molar-refractivity contribution in [3.63, 3.8) is 0 Å². The summed E-state index contributed by atoms with van der Waals surface area (Å²) >= 11 is 19.1. The molecule has 0 aliphatic heterocycles. The number of aryl methyl sites for hydroxylation is 1. The highest BCUT2D eigenvalue weighted by molar-refractivity contribution is 9.11. The second-order valence-electron chi connectivity index (χ2n) is 7.01. The van der Waals surface area contributed by atoms with Crippen molar-refractivity contribution in [2.45, 2.75) is 20.0 Å². The first kappa shape index (κ1) is 25.3. The average molecular weight is 609 g/mol. The zero-order chi connectivity index (χ0) is 24.0. The first-order valence-corrected chi connectivity index (χ1v) is 12.2. The first-order valence-electron chi connectivity index (χ1n) is 9.88. The van der Waals surface area contributed by atoms with E-state index in [0.29, 0.717) is 36.0 Å². The van der Waals surface area contributed by atoms with Gasteiger partial charge in [0.2, 0.25) is 0 Å². The minimum absolute atomic E-state index is 0.0185. The quantitative estimate of drug-likeness (QED) is 0.217. The number of ether oxygens (including phenoxy) is 1. The van der Waals surface area contributed by atoms with Crippen LogP contribution < -0.4 is 10.1 Å². The van der Waals surface area contributed by atoms with Crippen LogP contribution in [-0.4, -0.2) is 5.91 Å². The molecule has 1 amide bonds. The molecule has 0 unspecified atom stereocenters. The minimum Gasteiger partial charge on any atom is -0.486 e. The maximum atomic E-state index is 12.6. The maximum Gasteiger partial charge on any atom is 0.266 e. The Kier molecular flexibility index (Phi) is 8.99. The third-order valence-electron chi connectivity index (χ3n) is 4.70. The Morgan fingerprint density at radius 1 is 1.09 bits per heavy atom. The van der Waals surface area contributed by atoms with Crippen LogP contribution in [0.25, 0.3) is 6.08 Å². The van der Waals surface area contributed by atoms with Crippen LogP contribution in [0.4, 0.5) is 5.69 Å². The number of nitriles is 1. The van der Waals surface area contributed by atoms with Gasteiger partial charge in [0, 0.05) is 21.3 Å². The van der Waals surface area contributed by atoms with Crippen LogP contribution >= 0.6 is 55.1 Å². The second-order valence-corrected chi connectivity index (χ2v) is 9.56. The molecule has 33 heavy (non-hydrogen) atoms. The Bertz CT molecular complexity index is 1230. The van der Waals surface area contributed by atoms with Crippen LogP contribution in [0.1, 0.15) is 23.6 Å². The van der Waals surface area contributed by atoms with Gasteiger partial charge in [0.25, 0.3) is 5.91 Å². The first-order chi connectivity index (χ1) is 15.8. The maximum absolute atomic E-state index is 12.6. The van der Waals surface area contributed by atoms with Gasteiger partial charge in [-0.2, -0.15) is 5.26 Å². The van der Waals surface area contributed by atoms with Crippen LogP contribution in [0.3, 0.4) is 0 Å². The molecule has 4 nitrogen and oxygen atoms in total. The molecule has 0 bridgehead atoms. The lowest BCUT2D eigenvalue weighted by molar-refractivity contribution is -0.112. The number of benzene rings is 3. The number of rotatable bonds is 7. The van der Waals surface area contributed by atoms with Gasteiger partial charge in [0.15, 0.2) is 0 Å². The van der Waals surface area contributed by atoms with E-state index >= 15 is 0 Å². The molecule has 1 N–H and O–H groups in total. The molecule has 0 atom stereocenters. The van der Waals surface area contributed by atoms with Gasteiger partial charge in [0.1, 0.15) is 24.0 Å². The van der Waals surface area contributed by atoms with Crippen LogP contribution in [0.2, 0.25) is 10.0 Å². The number of hydrogen-bond donors (Lipinski definition) is 1. The molecule has 8 heteroatoms. The summed E-state index contributed by atoms with van der Waals surface area (Å²) < 4.78 is 7.23.